The highest BCUT2D eigenvalue weighted by molar-refractivity contribution is 7.89. The molecular weight excluding hydrogens is 392 g/mol. The van der Waals surface area contributed by atoms with Crippen LogP contribution in [0.4, 0.5) is 0 Å². The zero-order valence-electron chi connectivity index (χ0n) is 16.5. The van der Waals surface area contributed by atoms with Crippen LogP contribution in [0.15, 0.2) is 46.3 Å². The van der Waals surface area contributed by atoms with Crippen molar-refractivity contribution < 1.29 is 8.42 Å². The normalized spacial score (nSPS) is 16.0. The van der Waals surface area contributed by atoms with Crippen LogP contribution in [0.1, 0.15) is 35.1 Å². The molecule has 0 amide bonds. The van der Waals surface area contributed by atoms with Gasteiger partial charge >= 0.3 is 0 Å². The Kier molecular flexibility index (Phi) is 6.74. The minimum atomic E-state index is -3.40. The predicted octanol–water partition coefficient (Wildman–Crippen LogP) is 2.79. The van der Waals surface area contributed by atoms with E-state index in [1.807, 2.05) is 23.5 Å². The first-order valence-corrected chi connectivity index (χ1v) is 11.8. The minimum absolute atomic E-state index is 0.112. The van der Waals surface area contributed by atoms with E-state index in [2.05, 4.69) is 46.3 Å². The molecule has 0 spiro atoms. The quantitative estimate of drug-likeness (QED) is 0.453. The largest absolute Gasteiger partial charge is 0.354 e. The molecule has 1 unspecified atom stereocenters. The Morgan fingerprint density at radius 1 is 1.21 bits per heavy atom. The van der Waals surface area contributed by atoms with Crippen molar-refractivity contribution in [2.75, 3.05) is 7.05 Å². The van der Waals surface area contributed by atoms with Crippen LogP contribution in [-0.2, 0) is 23.0 Å². The van der Waals surface area contributed by atoms with E-state index in [0.29, 0.717) is 11.4 Å². The van der Waals surface area contributed by atoms with E-state index < -0.39 is 10.0 Å². The molecule has 1 aromatic carbocycles. The van der Waals surface area contributed by atoms with Crippen LogP contribution in [0, 0.1) is 6.92 Å². The molecule has 2 aromatic rings. The fraction of sp³-hybridized carbons (Fsp3) is 0.450. The predicted molar refractivity (Wildman–Crippen MR) is 115 cm³/mol. The molecular formula is C20H28N4O2S2. The number of rotatable bonds is 8. The molecule has 0 aliphatic heterocycles. The molecule has 152 valence electrons. The van der Waals surface area contributed by atoms with Gasteiger partial charge in [-0.05, 0) is 56.5 Å². The zero-order chi connectivity index (χ0) is 20.1. The fourth-order valence-electron chi connectivity index (χ4n) is 2.84. The summed E-state index contributed by atoms with van der Waals surface area (Å²) >= 11 is 1.82. The van der Waals surface area contributed by atoms with Gasteiger partial charge in [-0.2, -0.15) is 0 Å². The number of thiophene rings is 1. The van der Waals surface area contributed by atoms with Crippen molar-refractivity contribution in [3.05, 3.63) is 51.7 Å². The van der Waals surface area contributed by atoms with Crippen LogP contribution in [0.25, 0.3) is 0 Å². The van der Waals surface area contributed by atoms with E-state index >= 15 is 0 Å². The molecule has 28 heavy (non-hydrogen) atoms. The number of hydrogen-bond acceptors (Lipinski definition) is 4. The Morgan fingerprint density at radius 3 is 2.50 bits per heavy atom. The molecule has 1 fully saturated rings. The topological polar surface area (TPSA) is 82.6 Å². The number of nitrogens with one attached hydrogen (secondary N) is 3. The Morgan fingerprint density at radius 2 is 1.93 bits per heavy atom. The Balaban J connectivity index is 1.50. The van der Waals surface area contributed by atoms with Gasteiger partial charge in [0.15, 0.2) is 5.96 Å². The molecule has 1 aromatic heterocycles. The van der Waals surface area contributed by atoms with Crippen LogP contribution in [0.3, 0.4) is 0 Å². The molecule has 1 atom stereocenters. The van der Waals surface area contributed by atoms with E-state index in [1.54, 1.807) is 19.2 Å². The summed E-state index contributed by atoms with van der Waals surface area (Å²) in [7, 11) is -1.65. The Hall–Kier alpha value is -1.90. The van der Waals surface area contributed by atoms with Crippen LogP contribution in [0.5, 0.6) is 0 Å². The maximum Gasteiger partial charge on any atom is 0.240 e. The van der Waals surface area contributed by atoms with Crippen molar-refractivity contribution in [1.82, 2.24) is 15.4 Å². The second kappa shape index (κ2) is 9.07. The molecule has 1 aliphatic rings. The van der Waals surface area contributed by atoms with Gasteiger partial charge in [-0.1, -0.05) is 12.1 Å². The van der Waals surface area contributed by atoms with Gasteiger partial charge in [0, 0.05) is 41.9 Å². The summed E-state index contributed by atoms with van der Waals surface area (Å²) < 4.78 is 27.1. The second-order valence-electron chi connectivity index (χ2n) is 7.23. The van der Waals surface area contributed by atoms with Crippen molar-refractivity contribution in [3.8, 4) is 0 Å². The third-order valence-electron chi connectivity index (χ3n) is 4.50. The highest BCUT2D eigenvalue weighted by Crippen LogP contribution is 2.22. The van der Waals surface area contributed by atoms with Crippen LogP contribution >= 0.6 is 11.3 Å². The Labute approximate surface area is 171 Å². The highest BCUT2D eigenvalue weighted by atomic mass is 32.2. The van der Waals surface area contributed by atoms with Gasteiger partial charge in [0.1, 0.15) is 0 Å². The molecule has 1 heterocycles. The number of nitrogens with zero attached hydrogens (tertiary/aromatic N) is 1. The molecule has 3 N–H and O–H groups in total. The molecule has 1 saturated carbocycles. The number of aliphatic imine (C=N–C) groups is 1. The average Bonchev–Trinajstić information content (AvgIpc) is 3.37. The van der Waals surface area contributed by atoms with Crippen molar-refractivity contribution in [2.45, 2.75) is 56.6 Å². The molecule has 0 saturated heterocycles. The second-order valence-corrected chi connectivity index (χ2v) is 10.3. The van der Waals surface area contributed by atoms with E-state index in [4.69, 9.17) is 0 Å². The first-order valence-electron chi connectivity index (χ1n) is 9.49. The molecule has 1 aliphatic carbocycles. The summed E-state index contributed by atoms with van der Waals surface area (Å²) in [4.78, 5) is 7.26. The van der Waals surface area contributed by atoms with Gasteiger partial charge < -0.3 is 10.6 Å². The van der Waals surface area contributed by atoms with Gasteiger partial charge in [-0.15, -0.1) is 11.3 Å². The standard InChI is InChI=1S/C20H28N4O2S2/c1-14(12-18-9-4-15(2)27-18)23-20(21-3)22-13-16-5-10-19(11-6-16)28(25,26)24-17-7-8-17/h4-6,9-11,14,17,24H,7-8,12-13H2,1-3H3,(H2,21,22,23). The smallest absolute Gasteiger partial charge is 0.240 e. The van der Waals surface area contributed by atoms with Gasteiger partial charge in [0.25, 0.3) is 0 Å². The summed E-state index contributed by atoms with van der Waals surface area (Å²) in [6.07, 6.45) is 2.80. The van der Waals surface area contributed by atoms with E-state index in [1.165, 1.54) is 9.75 Å². The summed E-state index contributed by atoms with van der Waals surface area (Å²) in [5, 5.41) is 6.68. The van der Waals surface area contributed by atoms with E-state index in [9.17, 15) is 8.42 Å². The van der Waals surface area contributed by atoms with Crippen molar-refractivity contribution in [3.63, 3.8) is 0 Å². The summed E-state index contributed by atoms with van der Waals surface area (Å²) in [5.74, 6) is 0.730. The van der Waals surface area contributed by atoms with Gasteiger partial charge in [0.05, 0.1) is 4.90 Å². The van der Waals surface area contributed by atoms with E-state index in [0.717, 1.165) is 30.8 Å². The third-order valence-corrected chi connectivity index (χ3v) is 7.06. The summed E-state index contributed by atoms with van der Waals surface area (Å²) in [5.41, 5.74) is 0.995. The van der Waals surface area contributed by atoms with Gasteiger partial charge in [-0.25, -0.2) is 13.1 Å². The van der Waals surface area contributed by atoms with Crippen LogP contribution in [0.2, 0.25) is 0 Å². The molecule has 8 heteroatoms. The first kappa shape index (κ1) is 20.8. The highest BCUT2D eigenvalue weighted by Gasteiger charge is 2.27. The summed E-state index contributed by atoms with van der Waals surface area (Å²) in [6.45, 7) is 4.82. The average molecular weight is 421 g/mol. The summed E-state index contributed by atoms with van der Waals surface area (Å²) in [6, 6.07) is 11.6. The molecule has 6 nitrogen and oxygen atoms in total. The zero-order valence-corrected chi connectivity index (χ0v) is 18.2. The lowest BCUT2D eigenvalue weighted by Crippen LogP contribution is -2.42. The van der Waals surface area contributed by atoms with Crippen LogP contribution in [-0.4, -0.2) is 33.5 Å². The van der Waals surface area contributed by atoms with Crippen molar-refractivity contribution in [1.29, 1.82) is 0 Å². The minimum Gasteiger partial charge on any atom is -0.354 e. The van der Waals surface area contributed by atoms with Crippen molar-refractivity contribution in [2.24, 2.45) is 4.99 Å². The van der Waals surface area contributed by atoms with Gasteiger partial charge in [-0.3, -0.25) is 4.99 Å². The maximum atomic E-state index is 12.2. The number of aryl methyl sites for hydroxylation is 1. The lowest BCUT2D eigenvalue weighted by molar-refractivity contribution is 0.581. The number of sulfonamides is 1. The molecule has 0 bridgehead atoms. The van der Waals surface area contributed by atoms with Gasteiger partial charge in [0.2, 0.25) is 10.0 Å². The number of hydrogen-bond donors (Lipinski definition) is 3. The monoisotopic (exact) mass is 420 g/mol. The lowest BCUT2D eigenvalue weighted by atomic mass is 10.2. The number of guanidine groups is 1. The van der Waals surface area contributed by atoms with E-state index in [-0.39, 0.29) is 12.1 Å². The third kappa shape index (κ3) is 6.05. The molecule has 3 rings (SSSR count). The van der Waals surface area contributed by atoms with Crippen LogP contribution < -0.4 is 15.4 Å². The maximum absolute atomic E-state index is 12.2. The Bertz CT molecular complexity index is 916. The lowest BCUT2D eigenvalue weighted by Gasteiger charge is -2.17. The molecule has 0 radical (unpaired) electrons. The first-order chi connectivity index (χ1) is 13.4. The SMILES string of the molecule is CN=C(NCc1ccc(S(=O)(=O)NC2CC2)cc1)NC(C)Cc1ccc(C)s1. The van der Waals surface area contributed by atoms with Crippen molar-refractivity contribution >= 4 is 27.3 Å². The fourth-order valence-corrected chi connectivity index (χ4v) is 5.16. The number of benzene rings is 1.